The van der Waals surface area contributed by atoms with E-state index in [9.17, 15) is 27.1 Å². The van der Waals surface area contributed by atoms with Crippen LogP contribution >= 0.6 is 0 Å². The number of aliphatic hydroxyl groups is 1. The number of nitrogens with zero attached hydrogens (tertiary/aromatic N) is 2. The molecule has 0 aromatic heterocycles. The number of hydrogen-bond donors (Lipinski definition) is 2. The van der Waals surface area contributed by atoms with E-state index in [1.54, 1.807) is 24.3 Å². The average Bonchev–Trinajstić information content (AvgIpc) is 2.73. The van der Waals surface area contributed by atoms with Crippen molar-refractivity contribution in [2.45, 2.75) is 17.9 Å². The van der Waals surface area contributed by atoms with Gasteiger partial charge >= 0.3 is 0 Å². The quantitative estimate of drug-likeness (QED) is 0.610. The monoisotopic (exact) mass is 469 g/mol. The molecule has 1 fully saturated rings. The molecule has 11 heteroatoms. The van der Waals surface area contributed by atoms with Gasteiger partial charge in [0, 0.05) is 45.3 Å². The van der Waals surface area contributed by atoms with Crippen molar-refractivity contribution >= 4 is 21.6 Å². The summed E-state index contributed by atoms with van der Waals surface area (Å²) in [5, 5.41) is 12.9. The van der Waals surface area contributed by atoms with E-state index in [4.69, 9.17) is 4.74 Å². The molecule has 2 N–H and O–H groups in total. The fourth-order valence-corrected chi connectivity index (χ4v) is 4.92. The van der Waals surface area contributed by atoms with Crippen molar-refractivity contribution in [2.24, 2.45) is 0 Å². The zero-order chi connectivity index (χ0) is 23.3. The van der Waals surface area contributed by atoms with Crippen LogP contribution in [0.25, 0.3) is 0 Å². The Morgan fingerprint density at radius 3 is 2.25 bits per heavy atom. The van der Waals surface area contributed by atoms with Crippen molar-refractivity contribution < 1.29 is 31.8 Å². The van der Waals surface area contributed by atoms with Gasteiger partial charge in [-0.15, -0.1) is 0 Å². The van der Waals surface area contributed by atoms with Crippen LogP contribution in [0.5, 0.6) is 5.75 Å². The number of carbonyl (C=O) groups excluding carboxylic acids is 1. The molecule has 3 rings (SSSR count). The molecule has 2 aromatic rings. The number of anilines is 1. The Morgan fingerprint density at radius 2 is 1.69 bits per heavy atom. The topological polar surface area (TPSA) is 99.2 Å². The predicted molar refractivity (Wildman–Crippen MR) is 114 cm³/mol. The molecule has 1 aliphatic rings. The summed E-state index contributed by atoms with van der Waals surface area (Å²) in [6, 6.07) is 9.64. The van der Waals surface area contributed by atoms with Crippen LogP contribution in [0.4, 0.5) is 14.5 Å². The Bertz CT molecular complexity index is 1020. The van der Waals surface area contributed by atoms with Crippen LogP contribution in [-0.2, 0) is 14.8 Å². The van der Waals surface area contributed by atoms with E-state index in [2.05, 4.69) is 5.32 Å². The smallest absolute Gasteiger partial charge is 0.249 e. The number of nitrogens with one attached hydrogen (secondary N) is 1. The third-order valence-electron chi connectivity index (χ3n) is 4.93. The van der Waals surface area contributed by atoms with Gasteiger partial charge in [0.05, 0.1) is 0 Å². The number of sulfonamides is 1. The van der Waals surface area contributed by atoms with Gasteiger partial charge in [-0.3, -0.25) is 9.69 Å². The van der Waals surface area contributed by atoms with Gasteiger partial charge < -0.3 is 15.2 Å². The Kier molecular flexibility index (Phi) is 7.77. The van der Waals surface area contributed by atoms with Gasteiger partial charge in [0.25, 0.3) is 0 Å². The van der Waals surface area contributed by atoms with Crippen molar-refractivity contribution in [3.05, 3.63) is 54.1 Å². The zero-order valence-corrected chi connectivity index (χ0v) is 18.3. The highest BCUT2D eigenvalue weighted by Crippen LogP contribution is 2.23. The highest BCUT2D eigenvalue weighted by atomic mass is 32.2. The third kappa shape index (κ3) is 6.00. The highest BCUT2D eigenvalue weighted by molar-refractivity contribution is 7.89. The van der Waals surface area contributed by atoms with Gasteiger partial charge in [-0.25, -0.2) is 17.2 Å². The number of rotatable bonds is 8. The average molecular weight is 470 g/mol. The third-order valence-corrected chi connectivity index (χ3v) is 6.88. The molecular formula is C21H25F2N3O5S. The van der Waals surface area contributed by atoms with E-state index in [-0.39, 0.29) is 32.1 Å². The second-order valence-electron chi connectivity index (χ2n) is 7.43. The number of benzene rings is 2. The molecule has 1 amide bonds. The van der Waals surface area contributed by atoms with Crippen molar-refractivity contribution in [1.82, 2.24) is 9.21 Å². The maximum Gasteiger partial charge on any atom is 0.249 e. The number of hydrogen-bond acceptors (Lipinski definition) is 6. The number of carbonyl (C=O) groups is 1. The lowest BCUT2D eigenvalue weighted by Gasteiger charge is -2.34. The van der Waals surface area contributed by atoms with Crippen LogP contribution in [0.3, 0.4) is 0 Å². The zero-order valence-electron chi connectivity index (χ0n) is 17.5. The summed E-state index contributed by atoms with van der Waals surface area (Å²) in [5.41, 5.74) is 0.633. The molecular weight excluding hydrogens is 444 g/mol. The molecule has 8 nitrogen and oxygen atoms in total. The molecule has 1 heterocycles. The molecule has 1 saturated heterocycles. The lowest BCUT2D eigenvalue weighted by atomic mass is 10.3. The molecule has 2 aromatic carbocycles. The van der Waals surface area contributed by atoms with E-state index in [0.717, 1.165) is 22.5 Å². The number of halogens is 2. The lowest BCUT2D eigenvalue weighted by Crippen LogP contribution is -2.51. The summed E-state index contributed by atoms with van der Waals surface area (Å²) in [7, 11) is -4.29. The van der Waals surface area contributed by atoms with Crippen molar-refractivity contribution in [3.63, 3.8) is 0 Å². The van der Waals surface area contributed by atoms with E-state index < -0.39 is 32.7 Å². The summed E-state index contributed by atoms with van der Waals surface area (Å²) in [6.45, 7) is 2.40. The van der Waals surface area contributed by atoms with E-state index in [0.29, 0.717) is 24.5 Å². The van der Waals surface area contributed by atoms with Gasteiger partial charge in [0.2, 0.25) is 15.9 Å². The summed E-state index contributed by atoms with van der Waals surface area (Å²) in [6.07, 6.45) is -0.822. The van der Waals surface area contributed by atoms with Crippen LogP contribution in [0.2, 0.25) is 0 Å². The van der Waals surface area contributed by atoms with Crippen LogP contribution in [0.15, 0.2) is 47.4 Å². The largest absolute Gasteiger partial charge is 0.491 e. The number of piperazine rings is 1. The van der Waals surface area contributed by atoms with Crippen LogP contribution < -0.4 is 10.1 Å². The normalized spacial score (nSPS) is 16.5. The fourth-order valence-electron chi connectivity index (χ4n) is 3.39. The summed E-state index contributed by atoms with van der Waals surface area (Å²) >= 11 is 0. The summed E-state index contributed by atoms with van der Waals surface area (Å²) in [5.74, 6) is -1.89. The summed E-state index contributed by atoms with van der Waals surface area (Å²) < 4.78 is 59.7. The second kappa shape index (κ2) is 10.3. The first-order valence-electron chi connectivity index (χ1n) is 10.0. The first-order chi connectivity index (χ1) is 15.2. The van der Waals surface area contributed by atoms with Crippen molar-refractivity contribution in [2.75, 3.05) is 44.6 Å². The van der Waals surface area contributed by atoms with E-state index in [1.807, 2.05) is 4.90 Å². The first kappa shape index (κ1) is 24.1. The van der Waals surface area contributed by atoms with Crippen molar-refractivity contribution in [3.8, 4) is 5.75 Å². The predicted octanol–water partition coefficient (Wildman–Crippen LogP) is 1.67. The first-order valence-corrected chi connectivity index (χ1v) is 11.5. The number of β-amino-alcohol motifs (C(OH)–C–C–N with tert-alkyl or cyclic N) is 1. The molecule has 0 radical (unpaired) electrons. The van der Waals surface area contributed by atoms with Crippen LogP contribution in [0.1, 0.15) is 6.92 Å². The molecule has 0 bridgehead atoms. The number of aliphatic hydroxyl groups excluding tert-OH is 1. The van der Waals surface area contributed by atoms with E-state index in [1.165, 1.54) is 6.92 Å². The maximum atomic E-state index is 13.9. The van der Waals surface area contributed by atoms with Gasteiger partial charge in [-0.1, -0.05) is 6.07 Å². The van der Waals surface area contributed by atoms with Gasteiger partial charge in [0.15, 0.2) is 4.90 Å². The highest BCUT2D eigenvalue weighted by Gasteiger charge is 2.33. The Balaban J connectivity index is 1.48. The second-order valence-corrected chi connectivity index (χ2v) is 9.30. The van der Waals surface area contributed by atoms with Gasteiger partial charge in [-0.2, -0.15) is 4.31 Å². The molecule has 1 atom stereocenters. The van der Waals surface area contributed by atoms with Gasteiger partial charge in [0.1, 0.15) is 30.1 Å². The van der Waals surface area contributed by atoms with Crippen molar-refractivity contribution in [1.29, 1.82) is 0 Å². The number of ether oxygens (including phenoxy) is 1. The molecule has 174 valence electrons. The fraction of sp³-hybridized carbons (Fsp3) is 0.381. The Morgan fingerprint density at radius 1 is 1.09 bits per heavy atom. The minimum Gasteiger partial charge on any atom is -0.491 e. The molecule has 0 saturated carbocycles. The SMILES string of the molecule is CC(=O)Nc1ccc(OCC(O)CN2CCN(S(=O)(=O)c3c(F)cccc3F)CC2)cc1. The molecule has 0 spiro atoms. The lowest BCUT2D eigenvalue weighted by molar-refractivity contribution is -0.114. The standard InChI is InChI=1S/C21H25F2N3O5S/c1-15(27)24-16-5-7-18(8-6-16)31-14-17(28)13-25-9-11-26(12-10-25)32(29,30)21-19(22)3-2-4-20(21)23/h2-8,17,28H,9-14H2,1H3,(H,24,27). The molecule has 1 unspecified atom stereocenters. The molecule has 0 aliphatic carbocycles. The molecule has 1 aliphatic heterocycles. The van der Waals surface area contributed by atoms with Crippen LogP contribution in [0, 0.1) is 11.6 Å². The number of amides is 1. The van der Waals surface area contributed by atoms with E-state index >= 15 is 0 Å². The van der Waals surface area contributed by atoms with Gasteiger partial charge in [-0.05, 0) is 36.4 Å². The Labute approximate surface area is 185 Å². The molecule has 32 heavy (non-hydrogen) atoms. The Hall–Kier alpha value is -2.60. The summed E-state index contributed by atoms with van der Waals surface area (Å²) in [4.78, 5) is 12.0. The minimum atomic E-state index is -4.29. The maximum absolute atomic E-state index is 13.9. The minimum absolute atomic E-state index is 0.0262. The van der Waals surface area contributed by atoms with Crippen LogP contribution in [-0.4, -0.2) is 74.1 Å².